The molecule has 2 aromatic heterocycles. The number of hydrogen-bond donors (Lipinski definition) is 0. The van der Waals surface area contributed by atoms with Crippen LogP contribution in [0.15, 0.2) is 10.6 Å². The molecule has 0 aliphatic heterocycles. The molecule has 0 aliphatic rings. The molecule has 0 unspecified atom stereocenters. The quantitative estimate of drug-likeness (QED) is 0.786. The van der Waals surface area contributed by atoms with Gasteiger partial charge in [0.2, 0.25) is 0 Å². The number of hydrogen-bond acceptors (Lipinski definition) is 4. The highest BCUT2D eigenvalue weighted by Crippen LogP contribution is 2.27. The SMILES string of the molecule is CCCn1nc(-c2cc(C)on2)c(C=O)c1Cl. The van der Waals surface area contributed by atoms with E-state index in [0.29, 0.717) is 40.7 Å². The Labute approximate surface area is 103 Å². The molecule has 90 valence electrons. The third-order valence-electron chi connectivity index (χ3n) is 2.35. The number of aldehydes is 1. The van der Waals surface area contributed by atoms with Gasteiger partial charge in [0.05, 0.1) is 5.56 Å². The number of aryl methyl sites for hydroxylation is 2. The summed E-state index contributed by atoms with van der Waals surface area (Å²) in [4.78, 5) is 11.0. The monoisotopic (exact) mass is 253 g/mol. The first-order chi connectivity index (χ1) is 8.17. The zero-order valence-corrected chi connectivity index (χ0v) is 10.4. The summed E-state index contributed by atoms with van der Waals surface area (Å²) < 4.78 is 6.57. The smallest absolute Gasteiger partial charge is 0.155 e. The van der Waals surface area contributed by atoms with Crippen molar-refractivity contribution in [2.24, 2.45) is 0 Å². The largest absolute Gasteiger partial charge is 0.361 e. The molecule has 0 saturated heterocycles. The van der Waals surface area contributed by atoms with Gasteiger partial charge in [-0.3, -0.25) is 9.48 Å². The molecule has 0 fully saturated rings. The van der Waals surface area contributed by atoms with Gasteiger partial charge in [0, 0.05) is 12.6 Å². The Morgan fingerprint density at radius 2 is 2.35 bits per heavy atom. The Morgan fingerprint density at radius 1 is 1.59 bits per heavy atom. The van der Waals surface area contributed by atoms with E-state index in [1.54, 1.807) is 17.7 Å². The molecule has 0 spiro atoms. The summed E-state index contributed by atoms with van der Waals surface area (Å²) in [5, 5.41) is 8.47. The van der Waals surface area contributed by atoms with Crippen LogP contribution in [0.3, 0.4) is 0 Å². The number of aromatic nitrogens is 3. The number of halogens is 1. The molecule has 2 aromatic rings. The Bertz CT molecular complexity index is 545. The minimum atomic E-state index is 0.345. The van der Waals surface area contributed by atoms with Crippen LogP contribution in [0.4, 0.5) is 0 Å². The van der Waals surface area contributed by atoms with Crippen LogP contribution in [0.2, 0.25) is 5.15 Å². The van der Waals surface area contributed by atoms with Crippen molar-refractivity contribution in [2.45, 2.75) is 26.8 Å². The number of rotatable bonds is 4. The van der Waals surface area contributed by atoms with Crippen molar-refractivity contribution in [1.29, 1.82) is 0 Å². The van der Waals surface area contributed by atoms with Crippen molar-refractivity contribution < 1.29 is 9.32 Å². The molecule has 5 nitrogen and oxygen atoms in total. The van der Waals surface area contributed by atoms with Crippen molar-refractivity contribution in [3.05, 3.63) is 22.5 Å². The molecule has 0 atom stereocenters. The lowest BCUT2D eigenvalue weighted by molar-refractivity contribution is 0.112. The average Bonchev–Trinajstić information content (AvgIpc) is 2.85. The second-order valence-electron chi connectivity index (χ2n) is 3.72. The minimum absolute atomic E-state index is 0.345. The molecule has 17 heavy (non-hydrogen) atoms. The molecule has 0 aromatic carbocycles. The first-order valence-electron chi connectivity index (χ1n) is 5.32. The highest BCUT2D eigenvalue weighted by atomic mass is 35.5. The van der Waals surface area contributed by atoms with E-state index in [4.69, 9.17) is 16.1 Å². The minimum Gasteiger partial charge on any atom is -0.361 e. The van der Waals surface area contributed by atoms with Gasteiger partial charge in [0.15, 0.2) is 6.29 Å². The summed E-state index contributed by atoms with van der Waals surface area (Å²) in [5.74, 6) is 0.665. The van der Waals surface area contributed by atoms with Gasteiger partial charge in [-0.05, 0) is 13.3 Å². The van der Waals surface area contributed by atoms with E-state index in [0.717, 1.165) is 6.42 Å². The third kappa shape index (κ3) is 2.10. The van der Waals surface area contributed by atoms with Gasteiger partial charge in [0.1, 0.15) is 22.3 Å². The van der Waals surface area contributed by atoms with E-state index >= 15 is 0 Å². The summed E-state index contributed by atoms with van der Waals surface area (Å²) >= 11 is 6.08. The van der Waals surface area contributed by atoms with E-state index in [9.17, 15) is 4.79 Å². The predicted octanol–water partition coefficient (Wildman–Crippen LogP) is 2.72. The second kappa shape index (κ2) is 4.71. The molecule has 0 bridgehead atoms. The lowest BCUT2D eigenvalue weighted by atomic mass is 10.2. The normalized spacial score (nSPS) is 10.8. The predicted molar refractivity (Wildman–Crippen MR) is 63.1 cm³/mol. The Morgan fingerprint density at radius 3 is 2.88 bits per heavy atom. The summed E-state index contributed by atoms with van der Waals surface area (Å²) in [5.41, 5.74) is 1.35. The molecule has 0 radical (unpaired) electrons. The number of carbonyl (C=O) groups is 1. The zero-order valence-electron chi connectivity index (χ0n) is 9.61. The van der Waals surface area contributed by atoms with Crippen molar-refractivity contribution in [2.75, 3.05) is 0 Å². The molecule has 0 amide bonds. The molecule has 0 N–H and O–H groups in total. The number of carbonyl (C=O) groups excluding carboxylic acids is 1. The Hall–Kier alpha value is -1.62. The maximum Gasteiger partial charge on any atom is 0.155 e. The van der Waals surface area contributed by atoms with Crippen LogP contribution in [0, 0.1) is 6.92 Å². The maximum atomic E-state index is 11.0. The van der Waals surface area contributed by atoms with Gasteiger partial charge in [-0.1, -0.05) is 23.7 Å². The molecule has 6 heteroatoms. The highest BCUT2D eigenvalue weighted by Gasteiger charge is 2.19. The van der Waals surface area contributed by atoms with Crippen LogP contribution >= 0.6 is 11.6 Å². The van der Waals surface area contributed by atoms with Crippen LogP contribution in [0.25, 0.3) is 11.4 Å². The molecule has 0 saturated carbocycles. The van der Waals surface area contributed by atoms with E-state index < -0.39 is 0 Å². The van der Waals surface area contributed by atoms with Gasteiger partial charge in [-0.15, -0.1) is 0 Å². The van der Waals surface area contributed by atoms with Gasteiger partial charge >= 0.3 is 0 Å². The molecule has 2 heterocycles. The Balaban J connectivity index is 2.53. The van der Waals surface area contributed by atoms with E-state index in [-0.39, 0.29) is 0 Å². The van der Waals surface area contributed by atoms with Crippen molar-refractivity contribution in [3.63, 3.8) is 0 Å². The lowest BCUT2D eigenvalue weighted by Crippen LogP contribution is -1.98. The van der Waals surface area contributed by atoms with Crippen LogP contribution < -0.4 is 0 Å². The summed E-state index contributed by atoms with van der Waals surface area (Å²) in [6, 6.07) is 1.72. The molecule has 2 rings (SSSR count). The second-order valence-corrected chi connectivity index (χ2v) is 4.07. The lowest BCUT2D eigenvalue weighted by Gasteiger charge is -1.97. The van der Waals surface area contributed by atoms with E-state index in [2.05, 4.69) is 10.3 Å². The number of nitrogens with zero attached hydrogens (tertiary/aromatic N) is 3. The van der Waals surface area contributed by atoms with Crippen molar-refractivity contribution in [1.82, 2.24) is 14.9 Å². The molecular formula is C11H12ClN3O2. The van der Waals surface area contributed by atoms with Gasteiger partial charge in [-0.25, -0.2) is 0 Å². The van der Waals surface area contributed by atoms with Crippen LogP contribution in [-0.2, 0) is 6.54 Å². The van der Waals surface area contributed by atoms with E-state index in [1.165, 1.54) is 0 Å². The van der Waals surface area contributed by atoms with Crippen LogP contribution in [0.1, 0.15) is 29.5 Å². The highest BCUT2D eigenvalue weighted by molar-refractivity contribution is 6.32. The fourth-order valence-electron chi connectivity index (χ4n) is 1.59. The fraction of sp³-hybridized carbons (Fsp3) is 0.364. The summed E-state index contributed by atoms with van der Waals surface area (Å²) in [6.45, 7) is 4.46. The molecular weight excluding hydrogens is 242 g/mol. The summed E-state index contributed by atoms with van der Waals surface area (Å²) in [7, 11) is 0. The van der Waals surface area contributed by atoms with Crippen LogP contribution in [-0.4, -0.2) is 21.2 Å². The van der Waals surface area contributed by atoms with Gasteiger partial charge < -0.3 is 4.52 Å². The van der Waals surface area contributed by atoms with Crippen molar-refractivity contribution >= 4 is 17.9 Å². The molecule has 0 aliphatic carbocycles. The summed E-state index contributed by atoms with van der Waals surface area (Å²) in [6.07, 6.45) is 1.58. The zero-order chi connectivity index (χ0) is 12.4. The fourth-order valence-corrected chi connectivity index (χ4v) is 1.84. The van der Waals surface area contributed by atoms with Crippen molar-refractivity contribution in [3.8, 4) is 11.4 Å². The first kappa shape index (κ1) is 11.9. The maximum absolute atomic E-state index is 11.0. The van der Waals surface area contributed by atoms with Gasteiger partial charge in [-0.2, -0.15) is 5.10 Å². The average molecular weight is 254 g/mol. The topological polar surface area (TPSA) is 60.9 Å². The Kier molecular flexibility index (Phi) is 3.28. The first-order valence-corrected chi connectivity index (χ1v) is 5.70. The van der Waals surface area contributed by atoms with Crippen LogP contribution in [0.5, 0.6) is 0 Å². The van der Waals surface area contributed by atoms with Gasteiger partial charge in [0.25, 0.3) is 0 Å². The van der Waals surface area contributed by atoms with E-state index in [1.807, 2.05) is 6.92 Å². The standard InChI is InChI=1S/C11H12ClN3O2/c1-3-4-15-11(12)8(6-16)10(13-15)9-5-7(2)17-14-9/h5-6H,3-4H2,1-2H3. The third-order valence-corrected chi connectivity index (χ3v) is 2.75.